The van der Waals surface area contributed by atoms with Gasteiger partial charge < -0.3 is 5.32 Å². The maximum atomic E-state index is 11.6. The highest BCUT2D eigenvalue weighted by Crippen LogP contribution is 2.18. The minimum absolute atomic E-state index is 0.0199. The van der Waals surface area contributed by atoms with Crippen molar-refractivity contribution in [2.45, 2.75) is 33.4 Å². The fourth-order valence-electron chi connectivity index (χ4n) is 1.86. The topological polar surface area (TPSA) is 46.9 Å². The van der Waals surface area contributed by atoms with Crippen LogP contribution in [0.15, 0.2) is 36.7 Å². The van der Waals surface area contributed by atoms with Gasteiger partial charge in [-0.25, -0.2) is 0 Å². The Kier molecular flexibility index (Phi) is 4.00. The number of carbonyl (C=O) groups excluding carboxylic acids is 1. The highest BCUT2D eigenvalue weighted by atomic mass is 16.2. The van der Waals surface area contributed by atoms with Gasteiger partial charge in [0.1, 0.15) is 6.54 Å². The van der Waals surface area contributed by atoms with E-state index in [1.54, 1.807) is 10.9 Å². The summed E-state index contributed by atoms with van der Waals surface area (Å²) in [5.41, 5.74) is 3.37. The minimum Gasteiger partial charge on any atom is -0.352 e. The van der Waals surface area contributed by atoms with E-state index in [9.17, 15) is 4.79 Å². The summed E-state index contributed by atoms with van der Waals surface area (Å²) in [5.74, 6) is -0.0199. The summed E-state index contributed by atoms with van der Waals surface area (Å²) < 4.78 is 1.66. The van der Waals surface area contributed by atoms with Crippen molar-refractivity contribution < 1.29 is 4.79 Å². The van der Waals surface area contributed by atoms with Crippen LogP contribution >= 0.6 is 0 Å². The molecule has 4 heteroatoms. The van der Waals surface area contributed by atoms with Gasteiger partial charge in [-0.15, -0.1) is 0 Å². The fraction of sp³-hybridized carbons (Fsp3) is 0.333. The number of benzene rings is 1. The number of hydrogen-bond donors (Lipinski definition) is 1. The van der Waals surface area contributed by atoms with Crippen LogP contribution in [-0.4, -0.2) is 21.7 Å². The van der Waals surface area contributed by atoms with Crippen LogP contribution in [0.1, 0.15) is 19.4 Å². The second-order valence-electron chi connectivity index (χ2n) is 5.01. The molecule has 1 aromatic heterocycles. The minimum atomic E-state index is -0.0199. The summed E-state index contributed by atoms with van der Waals surface area (Å²) >= 11 is 0. The Labute approximate surface area is 113 Å². The largest absolute Gasteiger partial charge is 0.352 e. The van der Waals surface area contributed by atoms with E-state index >= 15 is 0 Å². The number of carbonyl (C=O) groups is 1. The van der Waals surface area contributed by atoms with Crippen LogP contribution in [0.25, 0.3) is 11.1 Å². The van der Waals surface area contributed by atoms with E-state index in [1.807, 2.05) is 20.0 Å². The molecule has 2 aromatic rings. The predicted octanol–water partition coefficient (Wildman–Crippen LogP) is 2.38. The van der Waals surface area contributed by atoms with Crippen molar-refractivity contribution in [2.24, 2.45) is 0 Å². The van der Waals surface area contributed by atoms with Crippen molar-refractivity contribution in [3.8, 4) is 11.1 Å². The van der Waals surface area contributed by atoms with Crippen LogP contribution in [0, 0.1) is 6.92 Å². The number of nitrogens with one attached hydrogen (secondary N) is 1. The SMILES string of the molecule is Cc1ccc(-c2cnn(CC(=O)NC(C)C)c2)cc1. The molecule has 100 valence electrons. The molecule has 0 aliphatic carbocycles. The van der Waals surface area contributed by atoms with Crippen LogP contribution in [-0.2, 0) is 11.3 Å². The lowest BCUT2D eigenvalue weighted by Crippen LogP contribution is -2.33. The number of rotatable bonds is 4. The summed E-state index contributed by atoms with van der Waals surface area (Å²) in [4.78, 5) is 11.6. The van der Waals surface area contributed by atoms with E-state index in [-0.39, 0.29) is 18.5 Å². The molecule has 0 saturated heterocycles. The van der Waals surface area contributed by atoms with Gasteiger partial charge in [0.25, 0.3) is 0 Å². The number of nitrogens with zero attached hydrogens (tertiary/aromatic N) is 2. The normalized spacial score (nSPS) is 10.7. The molecule has 2 rings (SSSR count). The Bertz CT molecular complexity index is 555. The van der Waals surface area contributed by atoms with Gasteiger partial charge in [0.2, 0.25) is 5.91 Å². The fourth-order valence-corrected chi connectivity index (χ4v) is 1.86. The third-order valence-electron chi connectivity index (χ3n) is 2.77. The summed E-state index contributed by atoms with van der Waals surface area (Å²) in [6, 6.07) is 8.41. The molecule has 0 atom stereocenters. The summed E-state index contributed by atoms with van der Waals surface area (Å²) in [7, 11) is 0. The summed E-state index contributed by atoms with van der Waals surface area (Å²) in [6.45, 7) is 6.20. The second kappa shape index (κ2) is 5.69. The van der Waals surface area contributed by atoms with E-state index in [0.717, 1.165) is 11.1 Å². The van der Waals surface area contributed by atoms with Crippen LogP contribution in [0.4, 0.5) is 0 Å². The predicted molar refractivity (Wildman–Crippen MR) is 75.7 cm³/mol. The van der Waals surface area contributed by atoms with Crippen LogP contribution in [0.5, 0.6) is 0 Å². The molecule has 0 saturated carbocycles. The molecular weight excluding hydrogens is 238 g/mol. The first-order chi connectivity index (χ1) is 9.04. The van der Waals surface area contributed by atoms with Crippen molar-refractivity contribution in [3.05, 3.63) is 42.2 Å². The van der Waals surface area contributed by atoms with Gasteiger partial charge in [-0.3, -0.25) is 9.48 Å². The molecule has 0 spiro atoms. The molecule has 19 heavy (non-hydrogen) atoms. The van der Waals surface area contributed by atoms with Crippen LogP contribution < -0.4 is 5.32 Å². The molecule has 0 fully saturated rings. The molecule has 1 amide bonds. The molecule has 1 N–H and O–H groups in total. The van der Waals surface area contributed by atoms with Gasteiger partial charge in [0.05, 0.1) is 6.20 Å². The molecule has 0 radical (unpaired) electrons. The quantitative estimate of drug-likeness (QED) is 0.914. The smallest absolute Gasteiger partial charge is 0.241 e. The van der Waals surface area contributed by atoms with Gasteiger partial charge >= 0.3 is 0 Å². The third kappa shape index (κ3) is 3.68. The molecule has 0 aliphatic heterocycles. The third-order valence-corrected chi connectivity index (χ3v) is 2.77. The first kappa shape index (κ1) is 13.3. The maximum absolute atomic E-state index is 11.6. The lowest BCUT2D eigenvalue weighted by molar-refractivity contribution is -0.122. The van der Waals surface area contributed by atoms with Crippen molar-refractivity contribution in [3.63, 3.8) is 0 Å². The highest BCUT2D eigenvalue weighted by molar-refractivity contribution is 5.76. The lowest BCUT2D eigenvalue weighted by atomic mass is 10.1. The zero-order chi connectivity index (χ0) is 13.8. The van der Waals surface area contributed by atoms with E-state index in [4.69, 9.17) is 0 Å². The van der Waals surface area contributed by atoms with Gasteiger partial charge in [-0.1, -0.05) is 29.8 Å². The van der Waals surface area contributed by atoms with E-state index in [0.29, 0.717) is 0 Å². The standard InChI is InChI=1S/C15H19N3O/c1-11(2)17-15(19)10-18-9-14(8-16-18)13-6-4-12(3)5-7-13/h4-9,11H,10H2,1-3H3,(H,17,19). The Balaban J connectivity index is 2.07. The van der Waals surface area contributed by atoms with Crippen LogP contribution in [0.2, 0.25) is 0 Å². The monoisotopic (exact) mass is 257 g/mol. The van der Waals surface area contributed by atoms with E-state index in [2.05, 4.69) is 41.6 Å². The molecule has 0 bridgehead atoms. The Hall–Kier alpha value is -2.10. The molecule has 4 nitrogen and oxygen atoms in total. The molecule has 0 aliphatic rings. The second-order valence-corrected chi connectivity index (χ2v) is 5.01. The molecule has 1 aromatic carbocycles. The van der Waals surface area contributed by atoms with E-state index < -0.39 is 0 Å². The average Bonchev–Trinajstić information content (AvgIpc) is 2.77. The van der Waals surface area contributed by atoms with Gasteiger partial charge in [-0.05, 0) is 26.3 Å². The Morgan fingerprint density at radius 2 is 1.95 bits per heavy atom. The van der Waals surface area contributed by atoms with Crippen molar-refractivity contribution >= 4 is 5.91 Å². The first-order valence-corrected chi connectivity index (χ1v) is 6.43. The number of aromatic nitrogens is 2. The van der Waals surface area contributed by atoms with Crippen LogP contribution in [0.3, 0.4) is 0 Å². The summed E-state index contributed by atoms with van der Waals surface area (Å²) in [6.07, 6.45) is 3.68. The number of hydrogen-bond acceptors (Lipinski definition) is 2. The summed E-state index contributed by atoms with van der Waals surface area (Å²) in [5, 5.41) is 7.07. The molecule has 0 unspecified atom stereocenters. The number of aryl methyl sites for hydroxylation is 1. The zero-order valence-corrected chi connectivity index (χ0v) is 11.6. The van der Waals surface area contributed by atoms with E-state index in [1.165, 1.54) is 5.56 Å². The first-order valence-electron chi connectivity index (χ1n) is 6.43. The van der Waals surface area contributed by atoms with Gasteiger partial charge in [0.15, 0.2) is 0 Å². The van der Waals surface area contributed by atoms with Crippen molar-refractivity contribution in [1.82, 2.24) is 15.1 Å². The van der Waals surface area contributed by atoms with Gasteiger partial charge in [-0.2, -0.15) is 5.10 Å². The molecule has 1 heterocycles. The maximum Gasteiger partial charge on any atom is 0.241 e. The lowest BCUT2D eigenvalue weighted by Gasteiger charge is -2.07. The highest BCUT2D eigenvalue weighted by Gasteiger charge is 2.06. The van der Waals surface area contributed by atoms with Crippen molar-refractivity contribution in [2.75, 3.05) is 0 Å². The molecular formula is C15H19N3O. The average molecular weight is 257 g/mol. The number of amides is 1. The van der Waals surface area contributed by atoms with Gasteiger partial charge in [0, 0.05) is 17.8 Å². The Morgan fingerprint density at radius 1 is 1.26 bits per heavy atom. The van der Waals surface area contributed by atoms with Crippen molar-refractivity contribution in [1.29, 1.82) is 0 Å². The Morgan fingerprint density at radius 3 is 2.58 bits per heavy atom. The zero-order valence-electron chi connectivity index (χ0n) is 11.6.